The number of ether oxygens (including phenoxy) is 2. The normalized spacial score (nSPS) is 25.4. The van der Waals surface area contributed by atoms with Crippen molar-refractivity contribution in [3.63, 3.8) is 0 Å². The molecule has 0 spiro atoms. The third-order valence-corrected chi connectivity index (χ3v) is 6.72. The van der Waals surface area contributed by atoms with E-state index < -0.39 is 11.9 Å². The van der Waals surface area contributed by atoms with Gasteiger partial charge in [-0.15, -0.1) is 0 Å². The molecule has 1 aromatic rings. The molecule has 0 radical (unpaired) electrons. The van der Waals surface area contributed by atoms with Gasteiger partial charge in [-0.05, 0) is 49.3 Å². The van der Waals surface area contributed by atoms with E-state index in [0.29, 0.717) is 51.9 Å². The van der Waals surface area contributed by atoms with Crippen molar-refractivity contribution in [3.8, 4) is 0 Å². The van der Waals surface area contributed by atoms with Crippen molar-refractivity contribution in [1.82, 2.24) is 5.32 Å². The van der Waals surface area contributed by atoms with Crippen LogP contribution in [0.15, 0.2) is 40.7 Å². The summed E-state index contributed by atoms with van der Waals surface area (Å²) in [5, 5.41) is 4.25. The van der Waals surface area contributed by atoms with E-state index in [1.165, 1.54) is 0 Å². The van der Waals surface area contributed by atoms with E-state index in [9.17, 15) is 9.59 Å². The van der Waals surface area contributed by atoms with Crippen LogP contribution in [0, 0.1) is 5.41 Å². The maximum absolute atomic E-state index is 13.3. The largest absolute Gasteiger partial charge is 0.459 e. The van der Waals surface area contributed by atoms with E-state index in [1.54, 1.807) is 18.2 Å². The standard InChI is InChI=1S/C24H27Cl2NO4/c1-13-20(23(29)31-12-15-5-4-8-30-15)21(16-7-6-14(25)9-17(16)26)22-18(27-13)10-24(2,3)11-19(22)28/h6-7,9,15,21,27H,4-5,8,10-12H2,1-3H3/t15-,21-/m0/s1. The van der Waals surface area contributed by atoms with Crippen molar-refractivity contribution in [1.29, 1.82) is 0 Å². The minimum atomic E-state index is -0.596. The molecule has 5 nitrogen and oxygen atoms in total. The molecule has 2 aliphatic heterocycles. The predicted molar refractivity (Wildman–Crippen MR) is 120 cm³/mol. The lowest BCUT2D eigenvalue weighted by Gasteiger charge is -2.39. The third-order valence-electron chi connectivity index (χ3n) is 6.16. The van der Waals surface area contributed by atoms with Gasteiger partial charge in [0.1, 0.15) is 6.61 Å². The van der Waals surface area contributed by atoms with Gasteiger partial charge in [-0.2, -0.15) is 0 Å². The van der Waals surface area contributed by atoms with Gasteiger partial charge >= 0.3 is 5.97 Å². The number of hydrogen-bond acceptors (Lipinski definition) is 5. The average molecular weight is 464 g/mol. The van der Waals surface area contributed by atoms with Gasteiger partial charge in [0.15, 0.2) is 5.78 Å². The summed E-state index contributed by atoms with van der Waals surface area (Å²) in [6.45, 7) is 6.88. The number of esters is 1. The van der Waals surface area contributed by atoms with Crippen molar-refractivity contribution < 1.29 is 19.1 Å². The molecule has 1 fully saturated rings. The smallest absolute Gasteiger partial charge is 0.336 e. The number of ketones is 1. The molecule has 2 atom stereocenters. The number of benzene rings is 1. The van der Waals surface area contributed by atoms with Crippen LogP contribution in [-0.4, -0.2) is 31.1 Å². The van der Waals surface area contributed by atoms with E-state index in [2.05, 4.69) is 19.2 Å². The number of allylic oxidation sites excluding steroid dienone is 3. The highest BCUT2D eigenvalue weighted by molar-refractivity contribution is 6.35. The summed E-state index contributed by atoms with van der Waals surface area (Å²) in [6.07, 6.45) is 2.89. The number of halogens is 2. The Morgan fingerprint density at radius 2 is 2.06 bits per heavy atom. The van der Waals surface area contributed by atoms with Gasteiger partial charge in [0.05, 0.1) is 11.7 Å². The van der Waals surface area contributed by atoms with Crippen LogP contribution in [0.2, 0.25) is 10.0 Å². The first-order valence-electron chi connectivity index (χ1n) is 10.6. The number of hydrogen-bond donors (Lipinski definition) is 1. The molecule has 7 heteroatoms. The highest BCUT2D eigenvalue weighted by atomic mass is 35.5. The number of Topliss-reactive ketones (excluding diaryl/α,β-unsaturated/α-hetero) is 1. The lowest BCUT2D eigenvalue weighted by atomic mass is 9.68. The first-order valence-corrected chi connectivity index (χ1v) is 11.4. The zero-order chi connectivity index (χ0) is 22.3. The minimum Gasteiger partial charge on any atom is -0.459 e. The first-order chi connectivity index (χ1) is 14.7. The molecular weight excluding hydrogens is 437 g/mol. The predicted octanol–water partition coefficient (Wildman–Crippen LogP) is 5.32. The van der Waals surface area contributed by atoms with Gasteiger partial charge in [-0.3, -0.25) is 4.79 Å². The Kier molecular flexibility index (Phi) is 6.21. The monoisotopic (exact) mass is 463 g/mol. The summed E-state index contributed by atoms with van der Waals surface area (Å²) in [7, 11) is 0. The molecule has 0 amide bonds. The maximum Gasteiger partial charge on any atom is 0.336 e. The number of nitrogens with one attached hydrogen (secondary N) is 1. The topological polar surface area (TPSA) is 64.6 Å². The SMILES string of the molecule is CC1=C(C(=O)OC[C@@H]2CCCO2)[C@H](c2ccc(Cl)cc2Cl)C2=C(CC(C)(C)CC2=O)N1. The van der Waals surface area contributed by atoms with Gasteiger partial charge in [0, 0.05) is 46.0 Å². The van der Waals surface area contributed by atoms with Gasteiger partial charge in [0.25, 0.3) is 0 Å². The molecule has 0 saturated carbocycles. The molecule has 0 bridgehead atoms. The van der Waals surface area contributed by atoms with Crippen LogP contribution in [0.1, 0.15) is 57.9 Å². The summed E-state index contributed by atoms with van der Waals surface area (Å²) < 4.78 is 11.2. The van der Waals surface area contributed by atoms with Crippen LogP contribution in [-0.2, 0) is 19.1 Å². The molecule has 31 heavy (non-hydrogen) atoms. The van der Waals surface area contributed by atoms with Gasteiger partial charge in [-0.25, -0.2) is 4.79 Å². The van der Waals surface area contributed by atoms with Crippen LogP contribution < -0.4 is 5.32 Å². The van der Waals surface area contributed by atoms with Gasteiger partial charge < -0.3 is 14.8 Å². The summed E-state index contributed by atoms with van der Waals surface area (Å²) >= 11 is 12.7. The van der Waals surface area contributed by atoms with E-state index in [-0.39, 0.29) is 23.9 Å². The molecule has 1 aromatic carbocycles. The molecule has 4 rings (SSSR count). The quantitative estimate of drug-likeness (QED) is 0.612. The summed E-state index contributed by atoms with van der Waals surface area (Å²) in [6, 6.07) is 5.16. The average Bonchev–Trinajstić information content (AvgIpc) is 3.17. The van der Waals surface area contributed by atoms with E-state index in [0.717, 1.165) is 18.5 Å². The molecular formula is C24H27Cl2NO4. The van der Waals surface area contributed by atoms with Crippen molar-refractivity contribution in [2.24, 2.45) is 5.41 Å². The Morgan fingerprint density at radius 3 is 2.74 bits per heavy atom. The Labute approximate surface area is 192 Å². The van der Waals surface area contributed by atoms with E-state index >= 15 is 0 Å². The molecule has 0 aromatic heterocycles. The van der Waals surface area contributed by atoms with Crippen LogP contribution in [0.4, 0.5) is 0 Å². The lowest BCUT2D eigenvalue weighted by molar-refractivity contribution is -0.142. The fraction of sp³-hybridized carbons (Fsp3) is 0.500. The zero-order valence-electron chi connectivity index (χ0n) is 18.0. The van der Waals surface area contributed by atoms with E-state index in [1.807, 2.05) is 6.92 Å². The second kappa shape index (κ2) is 8.61. The van der Waals surface area contributed by atoms with Gasteiger partial charge in [0.2, 0.25) is 0 Å². The number of carbonyl (C=O) groups excluding carboxylic acids is 2. The minimum absolute atomic E-state index is 0.0201. The van der Waals surface area contributed by atoms with Crippen molar-refractivity contribution in [2.75, 3.05) is 13.2 Å². The van der Waals surface area contributed by atoms with Crippen molar-refractivity contribution in [2.45, 2.75) is 58.5 Å². The Hall–Kier alpha value is -1.82. The van der Waals surface area contributed by atoms with Crippen LogP contribution >= 0.6 is 23.2 Å². The first kappa shape index (κ1) is 22.4. The van der Waals surface area contributed by atoms with Gasteiger partial charge in [-0.1, -0.05) is 43.1 Å². The molecule has 2 heterocycles. The van der Waals surface area contributed by atoms with Crippen LogP contribution in [0.25, 0.3) is 0 Å². The molecule has 1 aliphatic carbocycles. The number of carbonyl (C=O) groups is 2. The summed E-state index contributed by atoms with van der Waals surface area (Å²) in [4.78, 5) is 26.5. The molecule has 1 saturated heterocycles. The lowest BCUT2D eigenvalue weighted by Crippen LogP contribution is -2.39. The maximum atomic E-state index is 13.3. The van der Waals surface area contributed by atoms with Crippen LogP contribution in [0.3, 0.4) is 0 Å². The third kappa shape index (κ3) is 4.55. The zero-order valence-corrected chi connectivity index (χ0v) is 19.5. The highest BCUT2D eigenvalue weighted by Gasteiger charge is 2.43. The molecule has 166 valence electrons. The Bertz CT molecular complexity index is 989. The Balaban J connectivity index is 1.75. The Morgan fingerprint density at radius 1 is 1.29 bits per heavy atom. The highest BCUT2D eigenvalue weighted by Crippen LogP contribution is 2.48. The van der Waals surface area contributed by atoms with Crippen molar-refractivity contribution >= 4 is 35.0 Å². The molecule has 1 N–H and O–H groups in total. The fourth-order valence-electron chi connectivity index (χ4n) is 4.78. The molecule has 3 aliphatic rings. The van der Waals surface area contributed by atoms with E-state index in [4.69, 9.17) is 32.7 Å². The number of dihydropyridines is 1. The van der Waals surface area contributed by atoms with Crippen LogP contribution in [0.5, 0.6) is 0 Å². The fourth-order valence-corrected chi connectivity index (χ4v) is 5.29. The second-order valence-electron chi connectivity index (χ2n) is 9.33. The summed E-state index contributed by atoms with van der Waals surface area (Å²) in [5.41, 5.74) is 3.06. The van der Waals surface area contributed by atoms with Crippen molar-refractivity contribution in [3.05, 3.63) is 56.3 Å². The number of rotatable bonds is 4. The molecule has 0 unspecified atom stereocenters. The second-order valence-corrected chi connectivity index (χ2v) is 10.2. The summed E-state index contributed by atoms with van der Waals surface area (Å²) in [5.74, 6) is -1.03.